The molecule has 2 aliphatic heterocycles. The standard InChI is InChI=1S/C28H27F3N6O.2ClH/c1-20-17-36(25(38)19-35-12-10-34(11-13-35)18-21-6-3-2-4-7-21)27-23(15-32)16-33-37(27)26(20)22-8-5-9-24(14-22)28(29,30)31;;/h2-9,14,16H,10-13,17-19H2,1H3;2*1H. The molecule has 0 bridgehead atoms. The Hall–Kier alpha value is -3.36. The molecule has 7 nitrogen and oxygen atoms in total. The van der Waals surface area contributed by atoms with Crippen molar-refractivity contribution in [1.82, 2.24) is 19.6 Å². The number of hydrogen-bond acceptors (Lipinski definition) is 5. The molecule has 1 saturated heterocycles. The minimum atomic E-state index is -4.49. The van der Waals surface area contributed by atoms with Crippen LogP contribution in [0.25, 0.3) is 5.70 Å². The van der Waals surface area contributed by atoms with Crippen LogP contribution in [0, 0.1) is 11.3 Å². The van der Waals surface area contributed by atoms with Gasteiger partial charge in [-0.05, 0) is 30.2 Å². The van der Waals surface area contributed by atoms with Gasteiger partial charge in [0, 0.05) is 38.3 Å². The summed E-state index contributed by atoms with van der Waals surface area (Å²) in [5.74, 6) is 0.112. The number of rotatable bonds is 5. The van der Waals surface area contributed by atoms with Crippen LogP contribution < -0.4 is 4.90 Å². The largest absolute Gasteiger partial charge is 0.416 e. The number of carbonyl (C=O) groups is 1. The number of aromatic nitrogens is 2. The molecule has 0 spiro atoms. The fraction of sp³-hybridized carbons (Fsp3) is 0.321. The average Bonchev–Trinajstić information content (AvgIpc) is 3.33. The summed E-state index contributed by atoms with van der Waals surface area (Å²) >= 11 is 0. The average molecular weight is 593 g/mol. The molecule has 0 N–H and O–H groups in total. The number of piperazine rings is 1. The summed E-state index contributed by atoms with van der Waals surface area (Å²) in [5.41, 5.74) is 2.14. The lowest BCUT2D eigenvalue weighted by molar-refractivity contribution is -0.137. The number of anilines is 1. The lowest BCUT2D eigenvalue weighted by Crippen LogP contribution is -2.50. The summed E-state index contributed by atoms with van der Waals surface area (Å²) in [6.07, 6.45) is -3.14. The predicted molar refractivity (Wildman–Crippen MR) is 151 cm³/mol. The van der Waals surface area contributed by atoms with Crippen molar-refractivity contribution in [1.29, 1.82) is 5.26 Å². The van der Waals surface area contributed by atoms with Crippen LogP contribution in [0.1, 0.15) is 29.2 Å². The highest BCUT2D eigenvalue weighted by atomic mass is 35.5. The van der Waals surface area contributed by atoms with Crippen LogP contribution in [0.3, 0.4) is 0 Å². The van der Waals surface area contributed by atoms with Crippen LogP contribution in [0.5, 0.6) is 0 Å². The fourth-order valence-electron chi connectivity index (χ4n) is 5.05. The van der Waals surface area contributed by atoms with Crippen molar-refractivity contribution in [3.05, 3.63) is 88.6 Å². The molecule has 0 aliphatic carbocycles. The lowest BCUT2D eigenvalue weighted by Gasteiger charge is -2.36. The van der Waals surface area contributed by atoms with E-state index in [1.165, 1.54) is 27.4 Å². The number of amides is 1. The molecule has 1 aromatic heterocycles. The van der Waals surface area contributed by atoms with Crippen molar-refractivity contribution < 1.29 is 18.0 Å². The van der Waals surface area contributed by atoms with E-state index < -0.39 is 11.7 Å². The Labute approximate surface area is 243 Å². The zero-order valence-corrected chi connectivity index (χ0v) is 23.4. The van der Waals surface area contributed by atoms with Crippen LogP contribution in [0.15, 0.2) is 66.4 Å². The monoisotopic (exact) mass is 592 g/mol. The molecule has 3 aromatic rings. The molecular formula is C28H29Cl2F3N6O. The topological polar surface area (TPSA) is 68.4 Å². The Morgan fingerprint density at radius 1 is 1.00 bits per heavy atom. The fourth-order valence-corrected chi connectivity index (χ4v) is 5.05. The van der Waals surface area contributed by atoms with Gasteiger partial charge in [-0.1, -0.05) is 42.5 Å². The Bertz CT molecular complexity index is 1410. The van der Waals surface area contributed by atoms with Crippen molar-refractivity contribution >= 4 is 42.2 Å². The van der Waals surface area contributed by atoms with E-state index in [2.05, 4.69) is 33.1 Å². The van der Waals surface area contributed by atoms with Gasteiger partial charge in [0.15, 0.2) is 5.82 Å². The van der Waals surface area contributed by atoms with E-state index in [1.54, 1.807) is 13.0 Å². The smallest absolute Gasteiger partial charge is 0.297 e. The lowest BCUT2D eigenvalue weighted by atomic mass is 10.0. The predicted octanol–water partition coefficient (Wildman–Crippen LogP) is 5.06. The van der Waals surface area contributed by atoms with Gasteiger partial charge in [0.25, 0.3) is 0 Å². The molecule has 3 heterocycles. The molecule has 212 valence electrons. The van der Waals surface area contributed by atoms with Crippen LogP contribution in [-0.4, -0.2) is 64.8 Å². The summed E-state index contributed by atoms with van der Waals surface area (Å²) in [5, 5.41) is 14.0. The molecule has 12 heteroatoms. The molecule has 0 radical (unpaired) electrons. The number of benzene rings is 2. The van der Waals surface area contributed by atoms with Crippen LogP contribution in [-0.2, 0) is 17.5 Å². The number of fused-ring (bicyclic) bond motifs is 1. The molecule has 1 amide bonds. The third-order valence-corrected chi connectivity index (χ3v) is 6.97. The van der Waals surface area contributed by atoms with E-state index in [1.807, 2.05) is 18.2 Å². The van der Waals surface area contributed by atoms with Gasteiger partial charge in [0.05, 0.1) is 30.5 Å². The maximum Gasteiger partial charge on any atom is 0.416 e. The maximum atomic E-state index is 13.5. The number of halogens is 5. The molecule has 0 atom stereocenters. The van der Waals surface area contributed by atoms with Crippen molar-refractivity contribution in [3.63, 3.8) is 0 Å². The minimum absolute atomic E-state index is 0. The molecule has 2 aliphatic rings. The number of carbonyl (C=O) groups excluding carboxylic acids is 1. The minimum Gasteiger partial charge on any atom is -0.297 e. The zero-order valence-electron chi connectivity index (χ0n) is 21.8. The number of hydrogen-bond donors (Lipinski definition) is 0. The van der Waals surface area contributed by atoms with E-state index >= 15 is 0 Å². The Balaban J connectivity index is 0.00000220. The van der Waals surface area contributed by atoms with E-state index in [0.717, 1.165) is 44.9 Å². The summed E-state index contributed by atoms with van der Waals surface area (Å²) in [6, 6.07) is 17.3. The van der Waals surface area contributed by atoms with Gasteiger partial charge in [-0.2, -0.15) is 23.5 Å². The van der Waals surface area contributed by atoms with Gasteiger partial charge >= 0.3 is 6.18 Å². The second-order valence-corrected chi connectivity index (χ2v) is 9.63. The Morgan fingerprint density at radius 2 is 1.68 bits per heavy atom. The van der Waals surface area contributed by atoms with Crippen molar-refractivity contribution in [2.45, 2.75) is 19.6 Å². The summed E-state index contributed by atoms with van der Waals surface area (Å²) in [7, 11) is 0. The second-order valence-electron chi connectivity index (χ2n) is 9.63. The molecule has 1 fully saturated rings. The number of nitrogens with zero attached hydrogens (tertiary/aromatic N) is 6. The van der Waals surface area contributed by atoms with E-state index in [4.69, 9.17) is 0 Å². The van der Waals surface area contributed by atoms with Gasteiger partial charge in [0.2, 0.25) is 5.91 Å². The first-order valence-electron chi connectivity index (χ1n) is 12.4. The molecular weight excluding hydrogens is 564 g/mol. The molecule has 5 rings (SSSR count). The third kappa shape index (κ3) is 6.50. The summed E-state index contributed by atoms with van der Waals surface area (Å²) in [6.45, 7) is 6.13. The van der Waals surface area contributed by atoms with Gasteiger partial charge in [-0.3, -0.25) is 19.5 Å². The SMILES string of the molecule is CC1=C(c2cccc(C(F)(F)F)c2)n2ncc(C#N)c2N(C(=O)CN2CCN(Cc3ccccc3)CC2)C1.Cl.Cl. The van der Waals surface area contributed by atoms with Crippen molar-refractivity contribution in [3.8, 4) is 6.07 Å². The summed E-state index contributed by atoms with van der Waals surface area (Å²) in [4.78, 5) is 19.5. The Morgan fingerprint density at radius 3 is 2.33 bits per heavy atom. The normalized spacial score (nSPS) is 16.0. The van der Waals surface area contributed by atoms with E-state index in [0.29, 0.717) is 22.7 Å². The van der Waals surface area contributed by atoms with Crippen LogP contribution in [0.4, 0.5) is 19.0 Å². The quantitative estimate of drug-likeness (QED) is 0.414. The van der Waals surface area contributed by atoms with Gasteiger partial charge in [0.1, 0.15) is 11.6 Å². The van der Waals surface area contributed by atoms with E-state index in [9.17, 15) is 23.2 Å². The highest BCUT2D eigenvalue weighted by Gasteiger charge is 2.34. The van der Waals surface area contributed by atoms with Gasteiger partial charge in [-0.15, -0.1) is 24.8 Å². The highest BCUT2D eigenvalue weighted by Crippen LogP contribution is 2.37. The van der Waals surface area contributed by atoms with Crippen molar-refractivity contribution in [2.75, 3.05) is 44.2 Å². The highest BCUT2D eigenvalue weighted by molar-refractivity contribution is 5.98. The van der Waals surface area contributed by atoms with Crippen molar-refractivity contribution in [2.24, 2.45) is 0 Å². The Kier molecular flexibility index (Phi) is 10.0. The molecule has 0 saturated carbocycles. The summed E-state index contributed by atoms with van der Waals surface area (Å²) < 4.78 is 41.5. The van der Waals surface area contributed by atoms with Gasteiger partial charge < -0.3 is 0 Å². The molecule has 0 unspecified atom stereocenters. The zero-order chi connectivity index (χ0) is 26.9. The third-order valence-electron chi connectivity index (χ3n) is 6.97. The molecule has 40 heavy (non-hydrogen) atoms. The second kappa shape index (κ2) is 12.9. The van der Waals surface area contributed by atoms with Crippen LogP contribution >= 0.6 is 24.8 Å². The first-order chi connectivity index (χ1) is 18.2. The number of nitriles is 1. The number of alkyl halides is 3. The van der Waals surface area contributed by atoms with Gasteiger partial charge in [-0.25, -0.2) is 4.68 Å². The maximum absolute atomic E-state index is 13.5. The first kappa shape index (κ1) is 31.2. The first-order valence-corrected chi connectivity index (χ1v) is 12.4. The molecule has 2 aromatic carbocycles. The van der Waals surface area contributed by atoms with Crippen LogP contribution in [0.2, 0.25) is 0 Å². The van der Waals surface area contributed by atoms with E-state index in [-0.39, 0.29) is 49.4 Å².